The molecular weight excluding hydrogens is 269 g/mol. The number of nitrogens with zero attached hydrogens (tertiary/aromatic N) is 1. The lowest BCUT2D eigenvalue weighted by Crippen LogP contribution is -2.29. The average molecular weight is 288 g/mol. The minimum atomic E-state index is -0.488. The molecule has 0 spiro atoms. The number of likely N-dealkylation sites (tertiary alicyclic amines) is 1. The number of rotatable bonds is 3. The molecular formula is C14H19Cl2NO. The van der Waals surface area contributed by atoms with Crippen LogP contribution < -0.4 is 0 Å². The summed E-state index contributed by atoms with van der Waals surface area (Å²) in [5.41, 5.74) is 0.841. The predicted octanol–water partition coefficient (Wildman–Crippen LogP) is 3.90. The summed E-state index contributed by atoms with van der Waals surface area (Å²) in [6.07, 6.45) is 4.58. The Hall–Kier alpha value is -0.280. The summed E-state index contributed by atoms with van der Waals surface area (Å²) >= 11 is 11.8. The Morgan fingerprint density at radius 2 is 1.72 bits per heavy atom. The lowest BCUT2D eigenvalue weighted by Gasteiger charge is -2.23. The second kappa shape index (κ2) is 6.76. The molecule has 1 N–H and O–H groups in total. The molecule has 100 valence electrons. The Labute approximate surface area is 119 Å². The number of β-amino-alcohol motifs (C(OH)–C–C–N with tert-alkyl or cyclic N) is 1. The van der Waals surface area contributed by atoms with Gasteiger partial charge in [-0.3, -0.25) is 0 Å². The summed E-state index contributed by atoms with van der Waals surface area (Å²) in [4.78, 5) is 2.33. The maximum atomic E-state index is 10.2. The molecule has 1 aromatic rings. The minimum absolute atomic E-state index is 0.488. The van der Waals surface area contributed by atoms with Gasteiger partial charge in [0.1, 0.15) is 0 Å². The van der Waals surface area contributed by atoms with Gasteiger partial charge in [0.2, 0.25) is 0 Å². The SMILES string of the molecule is OC(CN1CCCCCC1)c1ccc(Cl)c(Cl)c1. The van der Waals surface area contributed by atoms with Crippen LogP contribution in [0.25, 0.3) is 0 Å². The molecule has 0 amide bonds. The fourth-order valence-electron chi connectivity index (χ4n) is 2.39. The molecule has 0 bridgehead atoms. The fourth-order valence-corrected chi connectivity index (χ4v) is 2.69. The smallest absolute Gasteiger partial charge is 0.0917 e. The highest BCUT2D eigenvalue weighted by atomic mass is 35.5. The van der Waals surface area contributed by atoms with Crippen molar-refractivity contribution in [1.82, 2.24) is 4.90 Å². The number of hydrogen-bond acceptors (Lipinski definition) is 2. The number of hydrogen-bond donors (Lipinski definition) is 1. The Bertz CT molecular complexity index is 389. The van der Waals surface area contributed by atoms with Crippen LogP contribution >= 0.6 is 23.2 Å². The van der Waals surface area contributed by atoms with Gasteiger partial charge in [0.15, 0.2) is 0 Å². The molecule has 0 saturated carbocycles. The van der Waals surface area contributed by atoms with Crippen LogP contribution in [0, 0.1) is 0 Å². The quantitative estimate of drug-likeness (QED) is 0.911. The highest BCUT2D eigenvalue weighted by molar-refractivity contribution is 6.42. The molecule has 1 aromatic carbocycles. The molecule has 0 aromatic heterocycles. The number of aliphatic hydroxyl groups is 1. The van der Waals surface area contributed by atoms with Gasteiger partial charge >= 0.3 is 0 Å². The maximum Gasteiger partial charge on any atom is 0.0917 e. The van der Waals surface area contributed by atoms with E-state index in [1.165, 1.54) is 25.7 Å². The van der Waals surface area contributed by atoms with Gasteiger partial charge in [0, 0.05) is 6.54 Å². The summed E-state index contributed by atoms with van der Waals surface area (Å²) in [6.45, 7) is 2.84. The monoisotopic (exact) mass is 287 g/mol. The van der Waals surface area contributed by atoms with Crippen molar-refractivity contribution in [2.24, 2.45) is 0 Å². The van der Waals surface area contributed by atoms with Gasteiger partial charge in [0.05, 0.1) is 16.1 Å². The Kier molecular flexibility index (Phi) is 5.31. The zero-order valence-electron chi connectivity index (χ0n) is 10.4. The number of aliphatic hydroxyl groups excluding tert-OH is 1. The zero-order valence-corrected chi connectivity index (χ0v) is 11.9. The van der Waals surface area contributed by atoms with E-state index in [0.29, 0.717) is 16.6 Å². The second-order valence-corrected chi connectivity index (χ2v) is 5.72. The number of benzene rings is 1. The van der Waals surface area contributed by atoms with Gasteiger partial charge in [-0.15, -0.1) is 0 Å². The lowest BCUT2D eigenvalue weighted by molar-refractivity contribution is 0.115. The van der Waals surface area contributed by atoms with Gasteiger partial charge < -0.3 is 10.0 Å². The van der Waals surface area contributed by atoms with Crippen molar-refractivity contribution in [3.8, 4) is 0 Å². The third-order valence-electron chi connectivity index (χ3n) is 3.46. The van der Waals surface area contributed by atoms with Crippen molar-refractivity contribution in [3.63, 3.8) is 0 Å². The van der Waals surface area contributed by atoms with Crippen molar-refractivity contribution in [3.05, 3.63) is 33.8 Å². The van der Waals surface area contributed by atoms with E-state index in [0.717, 1.165) is 18.7 Å². The Morgan fingerprint density at radius 3 is 2.33 bits per heavy atom. The van der Waals surface area contributed by atoms with Crippen LogP contribution in [0.5, 0.6) is 0 Å². The van der Waals surface area contributed by atoms with Gasteiger partial charge in [-0.25, -0.2) is 0 Å². The van der Waals surface area contributed by atoms with Crippen molar-refractivity contribution in [2.75, 3.05) is 19.6 Å². The van der Waals surface area contributed by atoms with Crippen LogP contribution in [-0.4, -0.2) is 29.6 Å². The zero-order chi connectivity index (χ0) is 13.0. The minimum Gasteiger partial charge on any atom is -0.387 e. The molecule has 4 heteroatoms. The topological polar surface area (TPSA) is 23.5 Å². The normalized spacial score (nSPS) is 19.5. The lowest BCUT2D eigenvalue weighted by atomic mass is 10.1. The molecule has 1 heterocycles. The standard InChI is InChI=1S/C14H19Cl2NO/c15-12-6-5-11(9-13(12)16)14(18)10-17-7-3-1-2-4-8-17/h5-6,9,14,18H,1-4,7-8,10H2. The summed E-state index contributed by atoms with van der Waals surface area (Å²) in [5, 5.41) is 11.3. The third kappa shape index (κ3) is 3.86. The first-order valence-electron chi connectivity index (χ1n) is 6.52. The first-order chi connectivity index (χ1) is 8.66. The van der Waals surface area contributed by atoms with Crippen LogP contribution in [0.1, 0.15) is 37.4 Å². The van der Waals surface area contributed by atoms with E-state index in [1.807, 2.05) is 6.07 Å². The van der Waals surface area contributed by atoms with E-state index < -0.39 is 6.10 Å². The van der Waals surface area contributed by atoms with E-state index in [9.17, 15) is 5.11 Å². The van der Waals surface area contributed by atoms with Crippen LogP contribution in [-0.2, 0) is 0 Å². The van der Waals surface area contributed by atoms with E-state index in [2.05, 4.69) is 4.90 Å². The van der Waals surface area contributed by atoms with E-state index in [-0.39, 0.29) is 0 Å². The molecule has 1 fully saturated rings. The summed E-state index contributed by atoms with van der Waals surface area (Å²) < 4.78 is 0. The molecule has 2 rings (SSSR count). The van der Waals surface area contributed by atoms with Crippen molar-refractivity contribution >= 4 is 23.2 Å². The largest absolute Gasteiger partial charge is 0.387 e. The second-order valence-electron chi connectivity index (χ2n) is 4.90. The van der Waals surface area contributed by atoms with Crippen LogP contribution in [0.3, 0.4) is 0 Å². The van der Waals surface area contributed by atoms with Gasteiger partial charge in [-0.05, 0) is 43.6 Å². The van der Waals surface area contributed by atoms with Crippen molar-refractivity contribution < 1.29 is 5.11 Å². The average Bonchev–Trinajstić information content (AvgIpc) is 2.61. The van der Waals surface area contributed by atoms with Crippen molar-refractivity contribution in [1.29, 1.82) is 0 Å². The van der Waals surface area contributed by atoms with Gasteiger partial charge in [-0.1, -0.05) is 42.1 Å². The predicted molar refractivity (Wildman–Crippen MR) is 76.3 cm³/mol. The molecule has 1 atom stereocenters. The molecule has 0 radical (unpaired) electrons. The molecule has 0 aliphatic carbocycles. The Morgan fingerprint density at radius 1 is 1.06 bits per heavy atom. The first kappa shape index (κ1) is 14.1. The van der Waals surface area contributed by atoms with Crippen LogP contribution in [0.4, 0.5) is 0 Å². The Balaban J connectivity index is 1.97. The molecule has 1 saturated heterocycles. The number of halogens is 2. The first-order valence-corrected chi connectivity index (χ1v) is 7.28. The molecule has 18 heavy (non-hydrogen) atoms. The van der Waals surface area contributed by atoms with E-state index >= 15 is 0 Å². The van der Waals surface area contributed by atoms with Crippen LogP contribution in [0.15, 0.2) is 18.2 Å². The van der Waals surface area contributed by atoms with Crippen LogP contribution in [0.2, 0.25) is 10.0 Å². The third-order valence-corrected chi connectivity index (χ3v) is 4.20. The summed E-state index contributed by atoms with van der Waals surface area (Å²) in [5.74, 6) is 0. The molecule has 2 nitrogen and oxygen atoms in total. The fraction of sp³-hybridized carbons (Fsp3) is 0.571. The molecule has 1 aliphatic heterocycles. The maximum absolute atomic E-state index is 10.2. The summed E-state index contributed by atoms with van der Waals surface area (Å²) in [7, 11) is 0. The highest BCUT2D eigenvalue weighted by Crippen LogP contribution is 2.26. The van der Waals surface area contributed by atoms with Crippen molar-refractivity contribution in [2.45, 2.75) is 31.8 Å². The van der Waals surface area contributed by atoms with Gasteiger partial charge in [0.25, 0.3) is 0 Å². The van der Waals surface area contributed by atoms with E-state index in [4.69, 9.17) is 23.2 Å². The summed E-state index contributed by atoms with van der Waals surface area (Å²) in [6, 6.07) is 5.34. The molecule has 1 aliphatic rings. The highest BCUT2D eigenvalue weighted by Gasteiger charge is 2.15. The molecule has 1 unspecified atom stereocenters. The van der Waals surface area contributed by atoms with Gasteiger partial charge in [-0.2, -0.15) is 0 Å². The van der Waals surface area contributed by atoms with E-state index in [1.54, 1.807) is 12.1 Å².